The van der Waals surface area contributed by atoms with E-state index in [0.717, 1.165) is 6.54 Å². The second-order valence-corrected chi connectivity index (χ2v) is 6.50. The molecule has 1 aliphatic carbocycles. The molecule has 3 aromatic rings. The maximum atomic E-state index is 3.79. The fraction of sp³-hybridized carbons (Fsp3) is 0.217. The van der Waals surface area contributed by atoms with Crippen LogP contribution in [0.1, 0.15) is 42.5 Å². The number of rotatable bonds is 5. The molecule has 0 saturated heterocycles. The van der Waals surface area contributed by atoms with Crippen molar-refractivity contribution in [1.82, 2.24) is 5.32 Å². The molecule has 0 fully saturated rings. The van der Waals surface area contributed by atoms with Gasteiger partial charge in [0.2, 0.25) is 0 Å². The molecule has 1 N–H and O–H groups in total. The molecule has 0 heterocycles. The van der Waals surface area contributed by atoms with Gasteiger partial charge in [-0.05, 0) is 52.1 Å². The topological polar surface area (TPSA) is 12.0 Å². The van der Waals surface area contributed by atoms with Crippen LogP contribution in [0.15, 0.2) is 66.7 Å². The largest absolute Gasteiger partial charge is 0.306 e. The van der Waals surface area contributed by atoms with Crippen LogP contribution in [0.5, 0.6) is 0 Å². The van der Waals surface area contributed by atoms with Gasteiger partial charge in [-0.1, -0.05) is 80.1 Å². The number of hydrogen-bond donors (Lipinski definition) is 1. The lowest BCUT2D eigenvalue weighted by Crippen LogP contribution is -2.21. The van der Waals surface area contributed by atoms with Crippen molar-refractivity contribution in [3.8, 4) is 0 Å². The summed E-state index contributed by atoms with van der Waals surface area (Å²) in [5.41, 5.74) is 5.45. The summed E-state index contributed by atoms with van der Waals surface area (Å²) in [5.74, 6) is 0. The van der Waals surface area contributed by atoms with Crippen molar-refractivity contribution in [3.63, 3.8) is 0 Å². The van der Waals surface area contributed by atoms with Gasteiger partial charge in [0.1, 0.15) is 0 Å². The summed E-state index contributed by atoms with van der Waals surface area (Å²) in [6.07, 6.45) is 4.77. The Kier molecular flexibility index (Phi) is 4.18. The van der Waals surface area contributed by atoms with E-state index in [2.05, 4.69) is 85.0 Å². The van der Waals surface area contributed by atoms with E-state index in [9.17, 15) is 0 Å². The highest BCUT2D eigenvalue weighted by Crippen LogP contribution is 2.45. The van der Waals surface area contributed by atoms with Crippen molar-refractivity contribution in [1.29, 1.82) is 0 Å². The maximum Gasteiger partial charge on any atom is 0.0589 e. The van der Waals surface area contributed by atoms with Gasteiger partial charge in [0.15, 0.2) is 0 Å². The van der Waals surface area contributed by atoms with Gasteiger partial charge in [-0.25, -0.2) is 0 Å². The third-order valence-corrected chi connectivity index (χ3v) is 4.87. The van der Waals surface area contributed by atoms with Gasteiger partial charge in [0, 0.05) is 0 Å². The van der Waals surface area contributed by atoms with Crippen LogP contribution in [0.4, 0.5) is 0 Å². The summed E-state index contributed by atoms with van der Waals surface area (Å²) in [6.45, 7) is 3.30. The molecule has 3 aromatic carbocycles. The molecule has 120 valence electrons. The first-order valence-corrected chi connectivity index (χ1v) is 8.90. The second-order valence-electron chi connectivity index (χ2n) is 6.50. The van der Waals surface area contributed by atoms with E-state index in [1.54, 1.807) is 0 Å². The molecule has 1 aliphatic rings. The summed E-state index contributed by atoms with van der Waals surface area (Å²) >= 11 is 0. The SMILES string of the molecule is CCCCNC1C(=Cc2ccccc2)c2cccc3cccc1c23. The van der Waals surface area contributed by atoms with E-state index in [0.29, 0.717) is 0 Å². The van der Waals surface area contributed by atoms with Crippen molar-refractivity contribution in [2.24, 2.45) is 0 Å². The molecule has 0 radical (unpaired) electrons. The Balaban J connectivity index is 1.84. The predicted octanol–water partition coefficient (Wildman–Crippen LogP) is 5.82. The van der Waals surface area contributed by atoms with Gasteiger partial charge in [-0.3, -0.25) is 0 Å². The fourth-order valence-electron chi connectivity index (χ4n) is 3.71. The molecule has 4 rings (SSSR count). The first-order valence-electron chi connectivity index (χ1n) is 8.90. The first kappa shape index (κ1) is 15.2. The van der Waals surface area contributed by atoms with Gasteiger partial charge in [0.05, 0.1) is 6.04 Å². The molecule has 1 nitrogen and oxygen atoms in total. The molecule has 0 bridgehead atoms. The van der Waals surface area contributed by atoms with Crippen molar-refractivity contribution in [2.45, 2.75) is 25.8 Å². The highest BCUT2D eigenvalue weighted by Gasteiger charge is 2.28. The lowest BCUT2D eigenvalue weighted by molar-refractivity contribution is 0.607. The predicted molar refractivity (Wildman–Crippen MR) is 104 cm³/mol. The summed E-state index contributed by atoms with van der Waals surface area (Å²) in [4.78, 5) is 0. The minimum atomic E-state index is 0.290. The summed E-state index contributed by atoms with van der Waals surface area (Å²) in [7, 11) is 0. The molecule has 24 heavy (non-hydrogen) atoms. The average Bonchev–Trinajstić information content (AvgIpc) is 2.92. The molecule has 1 unspecified atom stereocenters. The van der Waals surface area contributed by atoms with Crippen LogP contribution in [0, 0.1) is 0 Å². The standard InChI is InChI=1S/C23H23N/c1-2-3-15-24-23-20-14-8-12-18-11-7-13-19(22(18)20)21(23)16-17-9-5-4-6-10-17/h4-14,16,23-24H,2-3,15H2,1H3. The smallest absolute Gasteiger partial charge is 0.0589 e. The Labute approximate surface area is 144 Å². The lowest BCUT2D eigenvalue weighted by Gasteiger charge is -2.17. The Bertz CT molecular complexity index is 872. The van der Waals surface area contributed by atoms with Crippen molar-refractivity contribution in [3.05, 3.63) is 83.4 Å². The van der Waals surface area contributed by atoms with Crippen LogP contribution >= 0.6 is 0 Å². The van der Waals surface area contributed by atoms with E-state index in [4.69, 9.17) is 0 Å². The maximum absolute atomic E-state index is 3.79. The van der Waals surface area contributed by atoms with E-state index in [1.165, 1.54) is 45.9 Å². The zero-order valence-electron chi connectivity index (χ0n) is 14.1. The zero-order chi connectivity index (χ0) is 16.4. The third-order valence-electron chi connectivity index (χ3n) is 4.87. The third kappa shape index (κ3) is 2.65. The molecule has 0 spiro atoms. The highest BCUT2D eigenvalue weighted by molar-refractivity contribution is 6.06. The quantitative estimate of drug-likeness (QED) is 0.585. The van der Waals surface area contributed by atoms with Crippen LogP contribution in [-0.2, 0) is 0 Å². The van der Waals surface area contributed by atoms with Crippen LogP contribution < -0.4 is 5.32 Å². The Morgan fingerprint density at radius 2 is 1.71 bits per heavy atom. The normalized spacial score (nSPS) is 17.7. The van der Waals surface area contributed by atoms with E-state index >= 15 is 0 Å². The summed E-state index contributed by atoms with van der Waals surface area (Å²) < 4.78 is 0. The zero-order valence-corrected chi connectivity index (χ0v) is 14.1. The molecule has 1 atom stereocenters. The van der Waals surface area contributed by atoms with Crippen LogP contribution in [0.25, 0.3) is 22.4 Å². The van der Waals surface area contributed by atoms with E-state index in [-0.39, 0.29) is 6.04 Å². The molecule has 0 saturated carbocycles. The molecule has 1 heteroatoms. The summed E-state index contributed by atoms with van der Waals surface area (Å²) in [5, 5.41) is 6.54. The van der Waals surface area contributed by atoms with Crippen molar-refractivity contribution in [2.75, 3.05) is 6.54 Å². The number of nitrogens with one attached hydrogen (secondary N) is 1. The van der Waals surface area contributed by atoms with Crippen LogP contribution in [-0.4, -0.2) is 6.54 Å². The van der Waals surface area contributed by atoms with Gasteiger partial charge >= 0.3 is 0 Å². The Hall–Kier alpha value is -2.38. The molecule has 0 aliphatic heterocycles. The fourth-order valence-corrected chi connectivity index (χ4v) is 3.71. The second kappa shape index (κ2) is 6.62. The Morgan fingerprint density at radius 1 is 0.917 bits per heavy atom. The molecule has 0 aromatic heterocycles. The molecule has 0 amide bonds. The minimum absolute atomic E-state index is 0.290. The van der Waals surface area contributed by atoms with Gasteiger partial charge in [0.25, 0.3) is 0 Å². The number of unbranched alkanes of at least 4 members (excludes halogenated alkanes) is 1. The lowest BCUT2D eigenvalue weighted by atomic mass is 10.0. The summed E-state index contributed by atoms with van der Waals surface area (Å²) in [6, 6.07) is 24.3. The first-order chi connectivity index (χ1) is 11.9. The van der Waals surface area contributed by atoms with Crippen molar-refractivity contribution >= 4 is 22.4 Å². The number of benzene rings is 3. The minimum Gasteiger partial charge on any atom is -0.306 e. The molecular formula is C23H23N. The number of hydrogen-bond acceptors (Lipinski definition) is 1. The average molecular weight is 313 g/mol. The van der Waals surface area contributed by atoms with Crippen LogP contribution in [0.3, 0.4) is 0 Å². The van der Waals surface area contributed by atoms with Gasteiger partial charge in [-0.2, -0.15) is 0 Å². The molecular weight excluding hydrogens is 290 g/mol. The van der Waals surface area contributed by atoms with Crippen molar-refractivity contribution < 1.29 is 0 Å². The Morgan fingerprint density at radius 3 is 2.50 bits per heavy atom. The highest BCUT2D eigenvalue weighted by atomic mass is 14.9. The van der Waals surface area contributed by atoms with Gasteiger partial charge in [-0.15, -0.1) is 0 Å². The van der Waals surface area contributed by atoms with Crippen LogP contribution in [0.2, 0.25) is 0 Å². The van der Waals surface area contributed by atoms with E-state index < -0.39 is 0 Å². The van der Waals surface area contributed by atoms with E-state index in [1.807, 2.05) is 0 Å². The monoisotopic (exact) mass is 313 g/mol. The van der Waals surface area contributed by atoms with Gasteiger partial charge < -0.3 is 5.32 Å².